The third kappa shape index (κ3) is 2.35. The van der Waals surface area contributed by atoms with Crippen molar-refractivity contribution < 1.29 is 5.11 Å². The van der Waals surface area contributed by atoms with Crippen LogP contribution in [0.1, 0.15) is 12.0 Å². The predicted octanol–water partition coefficient (Wildman–Crippen LogP) is 2.13. The molecule has 2 heterocycles. The first-order valence-electron chi connectivity index (χ1n) is 6.58. The maximum Gasteiger partial charge on any atom is 0.127 e. The van der Waals surface area contributed by atoms with Crippen LogP contribution in [-0.2, 0) is 6.42 Å². The number of benzene rings is 1. The number of hydrogen-bond acceptors (Lipinski definition) is 4. The zero-order chi connectivity index (χ0) is 13.9. The molecule has 0 fully saturated rings. The molecule has 0 amide bonds. The second-order valence-corrected chi connectivity index (χ2v) is 4.73. The molecule has 0 spiro atoms. The summed E-state index contributed by atoms with van der Waals surface area (Å²) in [6.45, 7) is 0.162. The van der Waals surface area contributed by atoms with Crippen LogP contribution in [0.4, 0.5) is 5.82 Å². The van der Waals surface area contributed by atoms with E-state index < -0.39 is 0 Å². The Balaban J connectivity index is 2.03. The van der Waals surface area contributed by atoms with Gasteiger partial charge < -0.3 is 10.8 Å². The molecule has 0 radical (unpaired) electrons. The number of pyridine rings is 1. The van der Waals surface area contributed by atoms with Crippen molar-refractivity contribution in [3.05, 3.63) is 42.1 Å². The second kappa shape index (κ2) is 5.30. The van der Waals surface area contributed by atoms with Crippen LogP contribution in [0.3, 0.4) is 0 Å². The van der Waals surface area contributed by atoms with Gasteiger partial charge in [-0.3, -0.25) is 5.10 Å². The van der Waals surface area contributed by atoms with Crippen molar-refractivity contribution in [3.8, 4) is 11.3 Å². The molecule has 0 aliphatic heterocycles. The van der Waals surface area contributed by atoms with E-state index in [1.165, 1.54) is 0 Å². The summed E-state index contributed by atoms with van der Waals surface area (Å²) in [7, 11) is 0. The van der Waals surface area contributed by atoms with Gasteiger partial charge in [-0.1, -0.05) is 12.1 Å². The Morgan fingerprint density at radius 1 is 1.20 bits per heavy atom. The fourth-order valence-corrected chi connectivity index (χ4v) is 2.28. The Kier molecular flexibility index (Phi) is 3.35. The molecule has 3 rings (SSSR count). The van der Waals surface area contributed by atoms with Crippen molar-refractivity contribution in [2.75, 3.05) is 12.3 Å². The molecule has 0 saturated carbocycles. The molecule has 20 heavy (non-hydrogen) atoms. The van der Waals surface area contributed by atoms with Crippen molar-refractivity contribution in [2.24, 2.45) is 0 Å². The van der Waals surface area contributed by atoms with Crippen LogP contribution in [0.2, 0.25) is 0 Å². The molecule has 5 nitrogen and oxygen atoms in total. The maximum atomic E-state index is 8.90. The molecule has 0 bridgehead atoms. The van der Waals surface area contributed by atoms with E-state index in [9.17, 15) is 0 Å². The van der Waals surface area contributed by atoms with E-state index in [0.29, 0.717) is 12.2 Å². The fraction of sp³-hybridized carbons (Fsp3) is 0.200. The molecule has 3 aromatic rings. The number of nitrogens with one attached hydrogen (secondary N) is 1. The van der Waals surface area contributed by atoms with E-state index in [1.54, 1.807) is 6.20 Å². The Morgan fingerprint density at radius 2 is 2.10 bits per heavy atom. The van der Waals surface area contributed by atoms with Crippen molar-refractivity contribution >= 4 is 16.7 Å². The van der Waals surface area contributed by atoms with Gasteiger partial charge in [-0.2, -0.15) is 5.10 Å². The topological polar surface area (TPSA) is 87.8 Å². The van der Waals surface area contributed by atoms with Gasteiger partial charge in [-0.25, -0.2) is 4.98 Å². The Morgan fingerprint density at radius 3 is 2.85 bits per heavy atom. The van der Waals surface area contributed by atoms with Gasteiger partial charge in [0, 0.05) is 23.8 Å². The van der Waals surface area contributed by atoms with Gasteiger partial charge in [0.25, 0.3) is 0 Å². The molecule has 0 atom stereocenters. The monoisotopic (exact) mass is 268 g/mol. The number of aliphatic hydroxyl groups is 1. The normalized spacial score (nSPS) is 11.1. The minimum Gasteiger partial charge on any atom is -0.396 e. The lowest BCUT2D eigenvalue weighted by atomic mass is 10.0. The molecule has 102 valence electrons. The molecule has 4 N–H and O–H groups in total. The number of aliphatic hydroxyl groups excluding tert-OH is 1. The summed E-state index contributed by atoms with van der Waals surface area (Å²) in [6, 6.07) is 9.99. The minimum absolute atomic E-state index is 0.162. The number of rotatable bonds is 4. The van der Waals surface area contributed by atoms with Crippen LogP contribution in [0.15, 0.2) is 36.5 Å². The number of aromatic nitrogens is 3. The first kappa shape index (κ1) is 12.6. The molecule has 0 unspecified atom stereocenters. The molecule has 2 aromatic heterocycles. The summed E-state index contributed by atoms with van der Waals surface area (Å²) < 4.78 is 0. The fourth-order valence-electron chi connectivity index (χ4n) is 2.28. The highest BCUT2D eigenvalue weighted by Gasteiger charge is 2.06. The first-order valence-corrected chi connectivity index (χ1v) is 6.58. The number of nitrogens with two attached hydrogens (primary N) is 1. The number of nitrogens with zero attached hydrogens (tertiary/aromatic N) is 2. The van der Waals surface area contributed by atoms with E-state index >= 15 is 0 Å². The number of anilines is 1. The van der Waals surface area contributed by atoms with E-state index in [4.69, 9.17) is 10.8 Å². The van der Waals surface area contributed by atoms with Gasteiger partial charge in [0.15, 0.2) is 0 Å². The minimum atomic E-state index is 0.162. The number of fused-ring (bicyclic) bond motifs is 1. The average molecular weight is 268 g/mol. The number of aryl methyl sites for hydroxylation is 1. The van der Waals surface area contributed by atoms with Crippen molar-refractivity contribution in [2.45, 2.75) is 12.8 Å². The summed E-state index contributed by atoms with van der Waals surface area (Å²) in [5.74, 6) is 0.533. The number of hydrogen-bond donors (Lipinski definition) is 3. The SMILES string of the molecule is Nc1nc2cc(-c3cc[nH]n3)ccc2cc1CCCO. The van der Waals surface area contributed by atoms with E-state index in [-0.39, 0.29) is 6.61 Å². The quantitative estimate of drug-likeness (QED) is 0.676. The largest absolute Gasteiger partial charge is 0.396 e. The molecular weight excluding hydrogens is 252 g/mol. The van der Waals surface area contributed by atoms with Crippen molar-refractivity contribution in [1.29, 1.82) is 0 Å². The van der Waals surface area contributed by atoms with Gasteiger partial charge in [-0.15, -0.1) is 0 Å². The lowest BCUT2D eigenvalue weighted by Gasteiger charge is -2.07. The van der Waals surface area contributed by atoms with E-state index in [0.717, 1.165) is 34.1 Å². The first-order chi connectivity index (χ1) is 9.78. The van der Waals surface area contributed by atoms with Crippen LogP contribution >= 0.6 is 0 Å². The zero-order valence-electron chi connectivity index (χ0n) is 11.0. The highest BCUT2D eigenvalue weighted by molar-refractivity contribution is 5.85. The van der Waals surface area contributed by atoms with Crippen LogP contribution in [0, 0.1) is 0 Å². The number of nitrogen functional groups attached to an aromatic ring is 1. The zero-order valence-corrected chi connectivity index (χ0v) is 11.0. The number of aromatic amines is 1. The van der Waals surface area contributed by atoms with Crippen molar-refractivity contribution in [1.82, 2.24) is 15.2 Å². The van der Waals surface area contributed by atoms with E-state index in [1.807, 2.05) is 30.3 Å². The molecule has 0 aliphatic rings. The van der Waals surface area contributed by atoms with Gasteiger partial charge in [0.05, 0.1) is 11.2 Å². The standard InChI is InChI=1S/C15H16N4O/c16-15-12(2-1-7-20)8-10-3-4-11(9-14(10)18-15)13-5-6-17-19-13/h3-6,8-9,20H,1-2,7H2,(H2,16,18)(H,17,19). The lowest BCUT2D eigenvalue weighted by Crippen LogP contribution is -2.00. The molecule has 0 saturated heterocycles. The average Bonchev–Trinajstić information content (AvgIpc) is 2.98. The third-order valence-electron chi connectivity index (χ3n) is 3.33. The smallest absolute Gasteiger partial charge is 0.127 e. The summed E-state index contributed by atoms with van der Waals surface area (Å²) >= 11 is 0. The molecule has 0 aliphatic carbocycles. The Hall–Kier alpha value is -2.40. The summed E-state index contributed by atoms with van der Waals surface area (Å²) in [6.07, 6.45) is 3.23. The predicted molar refractivity (Wildman–Crippen MR) is 79.1 cm³/mol. The molecule has 1 aromatic carbocycles. The van der Waals surface area contributed by atoms with Crippen LogP contribution < -0.4 is 5.73 Å². The summed E-state index contributed by atoms with van der Waals surface area (Å²) in [4.78, 5) is 4.46. The van der Waals surface area contributed by atoms with Crippen LogP contribution in [0.25, 0.3) is 22.2 Å². The highest BCUT2D eigenvalue weighted by Crippen LogP contribution is 2.24. The molecule has 5 heteroatoms. The van der Waals surface area contributed by atoms with Crippen LogP contribution in [-0.4, -0.2) is 26.9 Å². The third-order valence-corrected chi connectivity index (χ3v) is 3.33. The van der Waals surface area contributed by atoms with Gasteiger partial charge >= 0.3 is 0 Å². The summed E-state index contributed by atoms with van der Waals surface area (Å²) in [5, 5.41) is 16.9. The summed E-state index contributed by atoms with van der Waals surface area (Å²) in [5.41, 5.74) is 9.72. The van der Waals surface area contributed by atoms with Gasteiger partial charge in [0.2, 0.25) is 0 Å². The molecular formula is C15H16N4O. The van der Waals surface area contributed by atoms with Crippen molar-refractivity contribution in [3.63, 3.8) is 0 Å². The van der Waals surface area contributed by atoms with E-state index in [2.05, 4.69) is 15.2 Å². The van der Waals surface area contributed by atoms with Gasteiger partial charge in [-0.05, 0) is 36.6 Å². The number of H-pyrrole nitrogens is 1. The maximum absolute atomic E-state index is 8.90. The second-order valence-electron chi connectivity index (χ2n) is 4.73. The lowest BCUT2D eigenvalue weighted by molar-refractivity contribution is 0.288. The highest BCUT2D eigenvalue weighted by atomic mass is 16.2. The van der Waals surface area contributed by atoms with Gasteiger partial charge in [0.1, 0.15) is 5.82 Å². The Labute approximate surface area is 116 Å². The van der Waals surface area contributed by atoms with Crippen LogP contribution in [0.5, 0.6) is 0 Å². The Bertz CT molecular complexity index is 722.